The van der Waals surface area contributed by atoms with Crippen LogP contribution in [0.4, 0.5) is 34.1 Å². The normalized spacial score (nSPS) is 14.3. The highest BCUT2D eigenvalue weighted by Gasteiger charge is 2.52. The summed E-state index contributed by atoms with van der Waals surface area (Å²) in [6.07, 6.45) is 0. The van der Waals surface area contributed by atoms with E-state index in [1.165, 1.54) is 67.0 Å². The number of benzene rings is 10. The van der Waals surface area contributed by atoms with Gasteiger partial charge in [-0.15, -0.1) is 0 Å². The Kier molecular flexibility index (Phi) is 7.95. The van der Waals surface area contributed by atoms with Crippen molar-refractivity contribution >= 4 is 56.1 Å². The third-order valence-corrected chi connectivity index (χ3v) is 15.1. The fourth-order valence-corrected chi connectivity index (χ4v) is 12.3. The van der Waals surface area contributed by atoms with Crippen LogP contribution in [0.2, 0.25) is 0 Å². The zero-order valence-electron chi connectivity index (χ0n) is 37.2. The maximum atomic E-state index is 6.79. The maximum Gasteiger partial charge on any atom is 0.143 e. The van der Waals surface area contributed by atoms with Crippen molar-refractivity contribution in [3.63, 3.8) is 0 Å². The van der Waals surface area contributed by atoms with Crippen molar-refractivity contribution in [3.8, 4) is 33.4 Å². The lowest BCUT2D eigenvalue weighted by atomic mass is 9.64. The van der Waals surface area contributed by atoms with E-state index in [1.54, 1.807) is 0 Å². The van der Waals surface area contributed by atoms with Crippen molar-refractivity contribution in [2.75, 3.05) is 9.80 Å². The average Bonchev–Trinajstić information content (AvgIpc) is 3.99. The average molecular weight is 857 g/mol. The van der Waals surface area contributed by atoms with Crippen LogP contribution < -0.4 is 9.80 Å². The number of hydrogen-bond donors (Lipinski definition) is 0. The molecule has 67 heavy (non-hydrogen) atoms. The lowest BCUT2D eigenvalue weighted by Crippen LogP contribution is -2.36. The Bertz CT molecular complexity index is 3770. The summed E-state index contributed by atoms with van der Waals surface area (Å²) in [5.41, 5.74) is 22.8. The highest BCUT2D eigenvalue weighted by atomic mass is 16.3. The minimum Gasteiger partial charge on any atom is -0.455 e. The molecule has 0 fully saturated rings. The minimum absolute atomic E-state index is 0.192. The predicted molar refractivity (Wildman–Crippen MR) is 277 cm³/mol. The number of fused-ring (bicyclic) bond motifs is 15. The summed E-state index contributed by atoms with van der Waals surface area (Å²) in [6, 6.07) is 85.1. The van der Waals surface area contributed by atoms with Crippen LogP contribution in [-0.4, -0.2) is 0 Å². The maximum absolute atomic E-state index is 6.79. The second-order valence-electron chi connectivity index (χ2n) is 18.7. The van der Waals surface area contributed by atoms with Gasteiger partial charge in [0.2, 0.25) is 0 Å². The number of anilines is 6. The molecule has 316 valence electrons. The standard InChI is InChI=1S/C64H44N2O/c1-63(2)50-28-10-6-22-43(50)44-39-38-42(40-55(44)63)66(56-33-14-8-23-45(56)47-26-18-27-48-46-24-9-17-37-60(46)67-62(47)48)59-36-19-32-54-61(59)49-25-7-11-29-51(49)64(54)52-30-12-15-34-57(52)65(41-20-4-3-5-21-41)58-35-16-13-31-53(58)64/h3-40H,1-2H3. The first kappa shape index (κ1) is 37.9. The van der Waals surface area contributed by atoms with Crippen LogP contribution in [0.25, 0.3) is 55.3 Å². The summed E-state index contributed by atoms with van der Waals surface area (Å²) < 4.78 is 6.79. The predicted octanol–water partition coefficient (Wildman–Crippen LogP) is 17.2. The second-order valence-corrected chi connectivity index (χ2v) is 18.7. The van der Waals surface area contributed by atoms with Crippen LogP contribution in [-0.2, 0) is 10.8 Å². The summed E-state index contributed by atoms with van der Waals surface area (Å²) in [5.74, 6) is 0. The van der Waals surface area contributed by atoms with Gasteiger partial charge < -0.3 is 14.2 Å². The zero-order valence-corrected chi connectivity index (χ0v) is 37.2. The third kappa shape index (κ3) is 5.11. The van der Waals surface area contributed by atoms with Gasteiger partial charge in [-0.05, 0) is 105 Å². The van der Waals surface area contributed by atoms with Gasteiger partial charge in [0.05, 0.1) is 28.2 Å². The van der Waals surface area contributed by atoms with Crippen LogP contribution in [0, 0.1) is 0 Å². The fourth-order valence-electron chi connectivity index (χ4n) is 12.3. The number of rotatable bonds is 5. The van der Waals surface area contributed by atoms with Gasteiger partial charge in [-0.1, -0.05) is 190 Å². The van der Waals surface area contributed by atoms with E-state index < -0.39 is 5.41 Å². The highest BCUT2D eigenvalue weighted by Crippen LogP contribution is 2.65. The van der Waals surface area contributed by atoms with Crippen LogP contribution in [0.3, 0.4) is 0 Å². The van der Waals surface area contributed by atoms with E-state index in [0.717, 1.165) is 55.8 Å². The Morgan fingerprint density at radius 1 is 0.388 bits per heavy atom. The Labute approximate surface area is 390 Å². The summed E-state index contributed by atoms with van der Waals surface area (Å²) in [7, 11) is 0. The van der Waals surface area contributed by atoms with E-state index in [2.05, 4.69) is 254 Å². The molecular weight excluding hydrogens is 813 g/mol. The highest BCUT2D eigenvalue weighted by molar-refractivity contribution is 6.11. The second kappa shape index (κ2) is 14.1. The smallest absolute Gasteiger partial charge is 0.143 e. The van der Waals surface area contributed by atoms with E-state index >= 15 is 0 Å². The molecule has 0 radical (unpaired) electrons. The van der Waals surface area contributed by atoms with Crippen LogP contribution in [0.5, 0.6) is 0 Å². The molecular formula is C64H44N2O. The first-order valence-electron chi connectivity index (χ1n) is 23.4. The van der Waals surface area contributed by atoms with Crippen molar-refractivity contribution in [2.24, 2.45) is 0 Å². The summed E-state index contributed by atoms with van der Waals surface area (Å²) in [4.78, 5) is 4.99. The van der Waals surface area contributed by atoms with Gasteiger partial charge in [-0.3, -0.25) is 0 Å². The number of furan rings is 1. The van der Waals surface area contributed by atoms with Gasteiger partial charge >= 0.3 is 0 Å². The van der Waals surface area contributed by atoms with E-state index in [1.807, 2.05) is 0 Å². The van der Waals surface area contributed by atoms with Gasteiger partial charge in [-0.2, -0.15) is 0 Å². The SMILES string of the molecule is CC1(C)c2ccccc2-c2ccc(N(c3ccccc3-c3cccc4c3oc3ccccc34)c3cccc4c3-c3ccccc3C43c4ccccc4N(c4ccccc4)c4ccccc43)cc21. The van der Waals surface area contributed by atoms with Gasteiger partial charge in [0, 0.05) is 44.3 Å². The van der Waals surface area contributed by atoms with Gasteiger partial charge in [0.15, 0.2) is 0 Å². The molecule has 3 aliphatic rings. The molecule has 1 spiro atoms. The molecule has 1 aromatic heterocycles. The Hall–Kier alpha value is -8.40. The topological polar surface area (TPSA) is 19.6 Å². The fraction of sp³-hybridized carbons (Fsp3) is 0.0625. The quantitative estimate of drug-likeness (QED) is 0.172. The van der Waals surface area contributed by atoms with Crippen molar-refractivity contribution in [3.05, 3.63) is 264 Å². The number of para-hydroxylation sites is 6. The summed E-state index contributed by atoms with van der Waals surface area (Å²) in [6.45, 7) is 4.75. The molecule has 2 heterocycles. The van der Waals surface area contributed by atoms with Gasteiger partial charge in [0.25, 0.3) is 0 Å². The molecule has 0 unspecified atom stereocenters. The van der Waals surface area contributed by atoms with Crippen molar-refractivity contribution in [2.45, 2.75) is 24.7 Å². The zero-order chi connectivity index (χ0) is 44.4. The Balaban J connectivity index is 1.07. The monoisotopic (exact) mass is 856 g/mol. The molecule has 14 rings (SSSR count). The first-order chi connectivity index (χ1) is 33.0. The van der Waals surface area contributed by atoms with Crippen molar-refractivity contribution in [1.82, 2.24) is 0 Å². The largest absolute Gasteiger partial charge is 0.455 e. The molecule has 11 aromatic rings. The number of hydrogen-bond acceptors (Lipinski definition) is 3. The molecule has 3 heteroatoms. The molecule has 3 nitrogen and oxygen atoms in total. The lowest BCUT2D eigenvalue weighted by molar-refractivity contribution is 0.660. The third-order valence-electron chi connectivity index (χ3n) is 15.1. The number of nitrogens with zero attached hydrogens (tertiary/aromatic N) is 2. The molecule has 0 amide bonds. The van der Waals surface area contributed by atoms with Crippen LogP contribution in [0.1, 0.15) is 47.2 Å². The van der Waals surface area contributed by atoms with E-state index in [9.17, 15) is 0 Å². The van der Waals surface area contributed by atoms with Crippen molar-refractivity contribution in [1.29, 1.82) is 0 Å². The van der Waals surface area contributed by atoms with Gasteiger partial charge in [-0.25, -0.2) is 0 Å². The van der Waals surface area contributed by atoms with E-state index in [4.69, 9.17) is 4.42 Å². The molecule has 0 atom stereocenters. The molecule has 0 saturated carbocycles. The molecule has 1 aliphatic heterocycles. The van der Waals surface area contributed by atoms with Crippen molar-refractivity contribution < 1.29 is 4.42 Å². The van der Waals surface area contributed by atoms with Crippen LogP contribution >= 0.6 is 0 Å². The van der Waals surface area contributed by atoms with Gasteiger partial charge in [0.1, 0.15) is 11.2 Å². The Morgan fingerprint density at radius 3 is 1.73 bits per heavy atom. The minimum atomic E-state index is -0.604. The lowest BCUT2D eigenvalue weighted by Gasteiger charge is -2.45. The molecule has 10 aromatic carbocycles. The summed E-state index contributed by atoms with van der Waals surface area (Å²) in [5, 5.41) is 2.23. The van der Waals surface area contributed by atoms with E-state index in [-0.39, 0.29) is 5.41 Å². The first-order valence-corrected chi connectivity index (χ1v) is 23.4. The van der Waals surface area contributed by atoms with E-state index in [0.29, 0.717) is 0 Å². The molecule has 0 N–H and O–H groups in total. The Morgan fingerprint density at radius 2 is 0.940 bits per heavy atom. The molecule has 0 bridgehead atoms. The van der Waals surface area contributed by atoms with Crippen LogP contribution in [0.15, 0.2) is 235 Å². The molecule has 2 aliphatic carbocycles. The molecule has 0 saturated heterocycles. The summed E-state index contributed by atoms with van der Waals surface area (Å²) >= 11 is 0.